The number of aryl methyl sites for hydroxylation is 2. The molecule has 0 aliphatic rings. The summed E-state index contributed by atoms with van der Waals surface area (Å²) in [6.45, 7) is 10.9. The van der Waals surface area contributed by atoms with Crippen molar-refractivity contribution in [3.05, 3.63) is 193 Å². The lowest BCUT2D eigenvalue weighted by Crippen LogP contribution is -2.31. The van der Waals surface area contributed by atoms with E-state index in [0.717, 1.165) is 74.6 Å². The number of ether oxygens (including phenoxy) is 2. The number of aromatic nitrogens is 14. The van der Waals surface area contributed by atoms with Crippen molar-refractivity contribution in [2.75, 3.05) is 14.2 Å². The van der Waals surface area contributed by atoms with Gasteiger partial charge in [0.1, 0.15) is 11.6 Å². The van der Waals surface area contributed by atoms with Gasteiger partial charge in [-0.05, 0) is 72.6 Å². The molecule has 0 fully saturated rings. The highest BCUT2D eigenvalue weighted by Crippen LogP contribution is 2.32. The maximum absolute atomic E-state index is 12.9. The summed E-state index contributed by atoms with van der Waals surface area (Å²) < 4.78 is 15.0. The Balaban J connectivity index is 0.000000189. The van der Waals surface area contributed by atoms with Crippen LogP contribution in [-0.4, -0.2) is 90.8 Å². The van der Waals surface area contributed by atoms with Crippen LogP contribution in [0.1, 0.15) is 71.0 Å². The first-order chi connectivity index (χ1) is 34.3. The number of methoxy groups -OCH3 is 2. The molecule has 4 heterocycles. The minimum atomic E-state index is -0.961. The minimum absolute atomic E-state index is 0.0892. The summed E-state index contributed by atoms with van der Waals surface area (Å²) in [5.74, 6) is 2.61. The molecular weight excluding hydrogens is 881 g/mol. The highest BCUT2D eigenvalue weighted by molar-refractivity contribution is 5.94. The predicted octanol–water partition coefficient (Wildman–Crippen LogP) is 8.87. The van der Waals surface area contributed by atoms with Crippen molar-refractivity contribution < 1.29 is 14.3 Å². The zero-order valence-corrected chi connectivity index (χ0v) is 39.4. The fourth-order valence-corrected chi connectivity index (χ4v) is 8.05. The average Bonchev–Trinajstić information content (AvgIpc) is 4.27. The Hall–Kier alpha value is -8.41. The SMILES string of the molecule is C=CCCn1nc(C(=O)Cc2ccccc2)nc1Cc1ccc(-c2ccccc2-c2nnn[nH]2)cc1.C=CCCn1nc(C(CC)(OC)OC)nc1Cc1ccc(-c2ccccc2-c2nnn[nH]2)cc1. The molecule has 0 atom stereocenters. The van der Waals surface area contributed by atoms with Gasteiger partial charge >= 0.3 is 0 Å². The van der Waals surface area contributed by atoms with Gasteiger partial charge in [-0.25, -0.2) is 29.5 Å². The van der Waals surface area contributed by atoms with Crippen molar-refractivity contribution in [2.45, 2.75) is 64.3 Å². The zero-order valence-electron chi connectivity index (χ0n) is 39.4. The summed E-state index contributed by atoms with van der Waals surface area (Å²) in [6, 6.07) is 42.4. The van der Waals surface area contributed by atoms with E-state index in [1.807, 2.05) is 101 Å². The van der Waals surface area contributed by atoms with Crippen LogP contribution in [0.5, 0.6) is 0 Å². The second-order valence-corrected chi connectivity index (χ2v) is 16.2. The van der Waals surface area contributed by atoms with Crippen LogP contribution in [0, 0.1) is 0 Å². The van der Waals surface area contributed by atoms with E-state index < -0.39 is 5.79 Å². The van der Waals surface area contributed by atoms with E-state index in [4.69, 9.17) is 19.6 Å². The van der Waals surface area contributed by atoms with Gasteiger partial charge in [0.25, 0.3) is 0 Å². The Kier molecular flexibility index (Phi) is 15.8. The van der Waals surface area contributed by atoms with E-state index in [1.165, 1.54) is 0 Å². The molecule has 0 unspecified atom stereocenters. The monoisotopic (exact) mass is 934 g/mol. The number of nitrogens with zero attached hydrogens (tertiary/aromatic N) is 12. The largest absolute Gasteiger partial charge is 0.347 e. The molecule has 70 heavy (non-hydrogen) atoms. The third-order valence-electron chi connectivity index (χ3n) is 11.8. The average molecular weight is 935 g/mol. The first kappa shape index (κ1) is 48.1. The van der Waals surface area contributed by atoms with Crippen molar-refractivity contribution in [3.8, 4) is 45.0 Å². The van der Waals surface area contributed by atoms with Gasteiger partial charge in [-0.1, -0.05) is 146 Å². The maximum atomic E-state index is 12.9. The molecule has 17 nitrogen and oxygen atoms in total. The number of hydrogen-bond donors (Lipinski definition) is 2. The number of benzene rings is 5. The first-order valence-electron chi connectivity index (χ1n) is 23.0. The number of nitrogens with one attached hydrogen (secondary N) is 2. The molecule has 2 N–H and O–H groups in total. The van der Waals surface area contributed by atoms with Crippen LogP contribution in [0.25, 0.3) is 45.0 Å². The molecule has 0 aliphatic carbocycles. The Morgan fingerprint density at radius 2 is 1.07 bits per heavy atom. The number of rotatable bonds is 21. The van der Waals surface area contributed by atoms with Crippen LogP contribution in [0.2, 0.25) is 0 Å². The molecule has 17 heteroatoms. The van der Waals surface area contributed by atoms with Gasteiger partial charge < -0.3 is 9.47 Å². The Bertz CT molecular complexity index is 3080. The van der Waals surface area contributed by atoms with Gasteiger partial charge in [-0.15, -0.1) is 28.5 Å². The number of carbonyl (C=O) groups excluding carboxylic acids is 1. The maximum Gasteiger partial charge on any atom is 0.231 e. The molecule has 0 aliphatic heterocycles. The number of tetrazole rings is 2. The molecule has 354 valence electrons. The van der Waals surface area contributed by atoms with E-state index in [0.29, 0.717) is 49.8 Å². The summed E-state index contributed by atoms with van der Waals surface area (Å²) in [5.41, 5.74) is 9.24. The van der Waals surface area contributed by atoms with Crippen LogP contribution in [-0.2, 0) is 47.6 Å². The van der Waals surface area contributed by atoms with E-state index in [2.05, 4.69) is 119 Å². The highest BCUT2D eigenvalue weighted by atomic mass is 16.7. The summed E-state index contributed by atoms with van der Waals surface area (Å²) in [7, 11) is 3.23. The van der Waals surface area contributed by atoms with Crippen LogP contribution < -0.4 is 0 Å². The third-order valence-corrected chi connectivity index (χ3v) is 11.8. The van der Waals surface area contributed by atoms with E-state index in [-0.39, 0.29) is 18.0 Å². The number of allylic oxidation sites excluding steroid dienone is 2. The molecule has 0 spiro atoms. The standard InChI is InChI=1S/C28H25N7O.C25H29N7O2/c1-2-3-17-35-26(29-28(32-35)25(36)18-20-9-5-4-6-10-20)19-21-13-15-22(16-14-21)23-11-7-8-12-24(23)27-30-33-34-31-27;1-5-7-16-32-22(26-24(29-32)25(6-2,33-3)34-4)17-18-12-14-19(15-13-18)20-10-8-9-11-21(20)23-27-30-31-28-23/h2,4-16H,1,3,17-19H2,(H,30,31,33,34);5,8-15H,1,6-7,16-17H2,2-4H3,(H,27,28,30,31). The highest BCUT2D eigenvalue weighted by Gasteiger charge is 2.35. The number of hydrogen-bond acceptors (Lipinski definition) is 13. The Morgan fingerprint density at radius 1 is 0.600 bits per heavy atom. The number of Topliss-reactive ketones (excluding diaryl/α,β-unsaturated/α-hetero) is 1. The molecule has 0 radical (unpaired) electrons. The zero-order chi connectivity index (χ0) is 48.7. The number of carbonyl (C=O) groups is 1. The van der Waals surface area contributed by atoms with Crippen molar-refractivity contribution >= 4 is 5.78 Å². The van der Waals surface area contributed by atoms with Crippen LogP contribution >= 0.6 is 0 Å². The molecule has 4 aromatic heterocycles. The molecule has 0 saturated heterocycles. The minimum Gasteiger partial charge on any atom is -0.347 e. The summed E-state index contributed by atoms with van der Waals surface area (Å²) in [4.78, 5) is 22.3. The Labute approximate surface area is 405 Å². The van der Waals surface area contributed by atoms with Gasteiger partial charge in [0.15, 0.2) is 11.6 Å². The van der Waals surface area contributed by atoms with E-state index in [1.54, 1.807) is 14.2 Å². The van der Waals surface area contributed by atoms with Crippen molar-refractivity contribution in [1.29, 1.82) is 0 Å². The van der Waals surface area contributed by atoms with Crippen molar-refractivity contribution in [1.82, 2.24) is 70.8 Å². The predicted molar refractivity (Wildman–Crippen MR) is 266 cm³/mol. The third kappa shape index (κ3) is 11.3. The van der Waals surface area contributed by atoms with Gasteiger partial charge in [-0.2, -0.15) is 5.10 Å². The quantitative estimate of drug-likeness (QED) is 0.0393. The lowest BCUT2D eigenvalue weighted by molar-refractivity contribution is -0.222. The smallest absolute Gasteiger partial charge is 0.231 e. The molecule has 9 aromatic rings. The molecule has 0 saturated carbocycles. The number of aromatic amines is 2. The summed E-state index contributed by atoms with van der Waals surface area (Å²) in [5, 5.41) is 37.8. The van der Waals surface area contributed by atoms with Crippen LogP contribution in [0.15, 0.2) is 153 Å². The van der Waals surface area contributed by atoms with Crippen LogP contribution in [0.3, 0.4) is 0 Å². The van der Waals surface area contributed by atoms with Crippen LogP contribution in [0.4, 0.5) is 0 Å². The fraction of sp³-hybridized carbons (Fsp3) is 0.226. The summed E-state index contributed by atoms with van der Waals surface area (Å²) in [6.07, 6.45) is 7.33. The molecule has 0 amide bonds. The molecule has 9 rings (SSSR count). The van der Waals surface area contributed by atoms with Gasteiger partial charge in [0, 0.05) is 64.1 Å². The topological polar surface area (TPSA) is 206 Å². The first-order valence-corrected chi connectivity index (χ1v) is 23.0. The lowest BCUT2D eigenvalue weighted by atomic mass is 9.98. The number of ketones is 1. The van der Waals surface area contributed by atoms with Crippen molar-refractivity contribution in [2.24, 2.45) is 0 Å². The van der Waals surface area contributed by atoms with Gasteiger partial charge in [0.2, 0.25) is 23.2 Å². The molecular formula is C53H54N14O3. The number of H-pyrrole nitrogens is 2. The molecule has 5 aromatic carbocycles. The molecule has 0 bridgehead atoms. The lowest BCUT2D eigenvalue weighted by Gasteiger charge is -2.26. The summed E-state index contributed by atoms with van der Waals surface area (Å²) >= 11 is 0. The second kappa shape index (κ2) is 23.1. The van der Waals surface area contributed by atoms with Gasteiger partial charge in [-0.3, -0.25) is 4.79 Å². The van der Waals surface area contributed by atoms with Gasteiger partial charge in [0.05, 0.1) is 0 Å². The van der Waals surface area contributed by atoms with E-state index >= 15 is 0 Å². The Morgan fingerprint density at radius 3 is 1.53 bits per heavy atom. The fourth-order valence-electron chi connectivity index (χ4n) is 8.05. The van der Waals surface area contributed by atoms with Crippen molar-refractivity contribution in [3.63, 3.8) is 0 Å². The van der Waals surface area contributed by atoms with E-state index in [9.17, 15) is 4.79 Å². The second-order valence-electron chi connectivity index (χ2n) is 16.2. The normalized spacial score (nSPS) is 11.2.